The van der Waals surface area contributed by atoms with E-state index in [9.17, 15) is 18.4 Å². The first-order valence-electron chi connectivity index (χ1n) is 7.30. The third kappa shape index (κ3) is 5.31. The van der Waals surface area contributed by atoms with Gasteiger partial charge in [-0.3, -0.25) is 0 Å². The third-order valence-corrected chi connectivity index (χ3v) is 5.20. The fourth-order valence-corrected chi connectivity index (χ4v) is 3.66. The van der Waals surface area contributed by atoms with Crippen LogP contribution in [0.2, 0.25) is 15.1 Å². The predicted molar refractivity (Wildman–Crippen MR) is 103 cm³/mol. The first-order chi connectivity index (χ1) is 13.1. The highest BCUT2D eigenvalue weighted by Crippen LogP contribution is 2.47. The van der Waals surface area contributed by atoms with Crippen LogP contribution in [0.4, 0.5) is 19.0 Å². The molecule has 28 heavy (non-hydrogen) atoms. The monoisotopic (exact) mass is 471 g/mol. The fourth-order valence-electron chi connectivity index (χ4n) is 2.05. The van der Waals surface area contributed by atoms with Gasteiger partial charge in [-0.1, -0.05) is 34.8 Å². The molecule has 0 radical (unpaired) electrons. The van der Waals surface area contributed by atoms with Gasteiger partial charge in [0.05, 0.1) is 34.9 Å². The molecule has 1 N–H and O–H groups in total. The van der Waals surface area contributed by atoms with Crippen LogP contribution in [0, 0.1) is 11.3 Å². The van der Waals surface area contributed by atoms with Crippen LogP contribution in [0.25, 0.3) is 5.69 Å². The minimum Gasteiger partial charge on any atom is -0.305 e. The van der Waals surface area contributed by atoms with Crippen molar-refractivity contribution >= 4 is 58.1 Å². The summed E-state index contributed by atoms with van der Waals surface area (Å²) < 4.78 is 39.2. The Labute approximate surface area is 177 Å². The Morgan fingerprint density at radius 3 is 2.64 bits per heavy atom. The molecule has 1 aromatic carbocycles. The first kappa shape index (κ1) is 22.8. The van der Waals surface area contributed by atoms with Gasteiger partial charge in [-0.05, 0) is 24.8 Å². The van der Waals surface area contributed by atoms with Gasteiger partial charge in [0, 0.05) is 10.6 Å². The molecule has 0 aliphatic carbocycles. The zero-order valence-electron chi connectivity index (χ0n) is 14.2. The molecule has 0 spiro atoms. The number of hydroxylamine groups is 1. The van der Waals surface area contributed by atoms with Crippen LogP contribution in [-0.4, -0.2) is 34.7 Å². The number of hydrogen-bond acceptors (Lipinski definition) is 6. The average Bonchev–Trinajstić information content (AvgIpc) is 2.99. The van der Waals surface area contributed by atoms with E-state index in [0.29, 0.717) is 5.71 Å². The molecule has 0 atom stereocenters. The van der Waals surface area contributed by atoms with Crippen LogP contribution in [-0.2, 0) is 4.84 Å². The summed E-state index contributed by atoms with van der Waals surface area (Å²) in [4.78, 5) is 8.69. The van der Waals surface area contributed by atoms with E-state index in [1.165, 1.54) is 13.3 Å². The summed E-state index contributed by atoms with van der Waals surface area (Å²) in [6, 6.07) is 2.96. The van der Waals surface area contributed by atoms with Gasteiger partial charge in [-0.15, -0.1) is 0 Å². The van der Waals surface area contributed by atoms with Crippen molar-refractivity contribution in [2.75, 3.05) is 13.7 Å². The molecule has 0 unspecified atom stereocenters. The standard InChI is InChI=1S/C15H11Cl3F3N5OS/c1-7(5-24-27-2)25-14-8(4-22)6-23-26(14)13-9(16)3-10(11(17)12(13)18)28-15(19,20)21/h3,6,24H,5H2,1-2H3. The van der Waals surface area contributed by atoms with E-state index in [2.05, 4.69) is 15.6 Å². The summed E-state index contributed by atoms with van der Waals surface area (Å²) in [5, 5.41) is 12.6. The van der Waals surface area contributed by atoms with Crippen molar-refractivity contribution in [3.63, 3.8) is 0 Å². The molecule has 0 bridgehead atoms. The second-order valence-electron chi connectivity index (χ2n) is 5.16. The number of thioether (sulfide) groups is 1. The summed E-state index contributed by atoms with van der Waals surface area (Å²) in [7, 11) is 1.43. The van der Waals surface area contributed by atoms with Gasteiger partial charge in [0.25, 0.3) is 0 Å². The lowest BCUT2D eigenvalue weighted by atomic mass is 10.3. The smallest absolute Gasteiger partial charge is 0.305 e. The minimum atomic E-state index is -4.57. The van der Waals surface area contributed by atoms with Crippen molar-refractivity contribution in [3.8, 4) is 11.8 Å². The van der Waals surface area contributed by atoms with Crippen LogP contribution in [0.1, 0.15) is 12.5 Å². The maximum atomic E-state index is 12.7. The molecule has 0 aliphatic rings. The number of nitrogens with zero attached hydrogens (tertiary/aromatic N) is 4. The molecule has 6 nitrogen and oxygen atoms in total. The van der Waals surface area contributed by atoms with Crippen LogP contribution >= 0.6 is 46.6 Å². The summed E-state index contributed by atoms with van der Waals surface area (Å²) in [6.45, 7) is 1.92. The average molecular weight is 473 g/mol. The molecule has 2 rings (SSSR count). The Bertz CT molecular complexity index is 956. The highest BCUT2D eigenvalue weighted by molar-refractivity contribution is 8.00. The molecular formula is C15H11Cl3F3N5OS. The maximum Gasteiger partial charge on any atom is 0.446 e. The lowest BCUT2D eigenvalue weighted by molar-refractivity contribution is -0.0328. The van der Waals surface area contributed by atoms with Crippen LogP contribution in [0.5, 0.6) is 0 Å². The van der Waals surface area contributed by atoms with Gasteiger partial charge < -0.3 is 4.84 Å². The zero-order chi connectivity index (χ0) is 21.1. The van der Waals surface area contributed by atoms with E-state index in [0.717, 1.165) is 10.7 Å². The van der Waals surface area contributed by atoms with Crippen LogP contribution in [0.3, 0.4) is 0 Å². The zero-order valence-corrected chi connectivity index (χ0v) is 17.3. The molecular weight excluding hydrogens is 462 g/mol. The Hall–Kier alpha value is -1.48. The Balaban J connectivity index is 2.62. The Kier molecular flexibility index (Phi) is 7.61. The molecule has 0 amide bonds. The summed E-state index contributed by atoms with van der Waals surface area (Å²) >= 11 is 17.9. The second-order valence-corrected chi connectivity index (χ2v) is 7.43. The predicted octanol–water partition coefficient (Wildman–Crippen LogP) is 5.56. The van der Waals surface area contributed by atoms with Crippen molar-refractivity contribution in [1.82, 2.24) is 15.3 Å². The number of nitrogens with one attached hydrogen (secondary N) is 1. The maximum absolute atomic E-state index is 12.7. The number of rotatable bonds is 6. The molecule has 150 valence electrons. The Morgan fingerprint density at radius 2 is 2.07 bits per heavy atom. The van der Waals surface area contributed by atoms with Crippen molar-refractivity contribution in [1.29, 1.82) is 5.26 Å². The van der Waals surface area contributed by atoms with E-state index in [1.807, 2.05) is 6.07 Å². The highest BCUT2D eigenvalue weighted by atomic mass is 35.5. The van der Waals surface area contributed by atoms with Crippen LogP contribution < -0.4 is 5.48 Å². The molecule has 1 heterocycles. The van der Waals surface area contributed by atoms with Crippen molar-refractivity contribution in [2.24, 2.45) is 4.99 Å². The van der Waals surface area contributed by atoms with Gasteiger partial charge in [0.2, 0.25) is 0 Å². The second kappa shape index (κ2) is 9.35. The molecule has 13 heteroatoms. The quantitative estimate of drug-likeness (QED) is 0.258. The summed E-state index contributed by atoms with van der Waals surface area (Å²) in [5.74, 6) is 0.0917. The molecule has 0 saturated heterocycles. The fraction of sp³-hybridized carbons (Fsp3) is 0.267. The number of aromatic nitrogens is 2. The number of halogens is 6. The van der Waals surface area contributed by atoms with Gasteiger partial charge in [-0.25, -0.2) is 9.67 Å². The van der Waals surface area contributed by atoms with Crippen molar-refractivity contribution < 1.29 is 18.0 Å². The molecule has 2 aromatic rings. The van der Waals surface area contributed by atoms with Gasteiger partial charge >= 0.3 is 5.51 Å². The number of nitriles is 1. The van der Waals surface area contributed by atoms with Crippen molar-refractivity contribution in [3.05, 3.63) is 32.9 Å². The van der Waals surface area contributed by atoms with Crippen molar-refractivity contribution in [2.45, 2.75) is 17.3 Å². The topological polar surface area (TPSA) is 75.2 Å². The first-order valence-corrected chi connectivity index (χ1v) is 9.25. The lowest BCUT2D eigenvalue weighted by Crippen LogP contribution is -2.19. The third-order valence-electron chi connectivity index (χ3n) is 3.17. The number of aliphatic imine (C=N–C) groups is 1. The van der Waals surface area contributed by atoms with Gasteiger partial charge in [0.1, 0.15) is 17.3 Å². The van der Waals surface area contributed by atoms with E-state index < -0.39 is 17.3 Å². The van der Waals surface area contributed by atoms with E-state index in [1.54, 1.807) is 6.92 Å². The normalized spacial score (nSPS) is 12.3. The number of hydrogen-bond donors (Lipinski definition) is 1. The van der Waals surface area contributed by atoms with Crippen LogP contribution in [0.15, 0.2) is 22.2 Å². The van der Waals surface area contributed by atoms with E-state index >= 15 is 0 Å². The summed E-state index contributed by atoms with van der Waals surface area (Å²) in [5.41, 5.74) is -1.34. The van der Waals surface area contributed by atoms with E-state index in [-0.39, 0.29) is 43.6 Å². The summed E-state index contributed by atoms with van der Waals surface area (Å²) in [6.07, 6.45) is 1.23. The molecule has 0 fully saturated rings. The number of benzene rings is 1. The molecule has 1 aromatic heterocycles. The Morgan fingerprint density at radius 1 is 1.39 bits per heavy atom. The van der Waals surface area contributed by atoms with E-state index in [4.69, 9.17) is 39.6 Å². The minimum absolute atomic E-state index is 0.00704. The molecule has 0 aliphatic heterocycles. The molecule has 0 saturated carbocycles. The largest absolute Gasteiger partial charge is 0.446 e. The highest BCUT2D eigenvalue weighted by Gasteiger charge is 2.32. The lowest BCUT2D eigenvalue weighted by Gasteiger charge is -2.15. The number of alkyl halides is 3. The van der Waals surface area contributed by atoms with Gasteiger partial charge in [0.15, 0.2) is 5.82 Å². The van der Waals surface area contributed by atoms with Gasteiger partial charge in [-0.2, -0.15) is 29.0 Å². The SMILES string of the molecule is CONCC(C)=Nc1c(C#N)cnn1-c1c(Cl)cc(SC(F)(F)F)c(Cl)c1Cl.